The maximum Gasteiger partial charge on any atom is 0.316 e. The molecule has 0 fully saturated rings. The number of rotatable bonds is 10. The quantitative estimate of drug-likeness (QED) is 0.149. The van der Waals surface area contributed by atoms with E-state index in [1.54, 1.807) is 59.7 Å². The zero-order valence-electron chi connectivity index (χ0n) is 32.8. The molecule has 0 spiro atoms. The van der Waals surface area contributed by atoms with Crippen molar-refractivity contribution >= 4 is 23.8 Å². The lowest BCUT2D eigenvalue weighted by atomic mass is 9.68. The highest BCUT2D eigenvalue weighted by Crippen LogP contribution is 2.53. The van der Waals surface area contributed by atoms with Crippen LogP contribution in [-0.2, 0) is 25.7 Å². The summed E-state index contributed by atoms with van der Waals surface area (Å²) in [7, 11) is 0. The van der Waals surface area contributed by atoms with Crippen LogP contribution in [0.5, 0.6) is 11.5 Å². The summed E-state index contributed by atoms with van der Waals surface area (Å²) in [5.74, 6) is -3.35. The Morgan fingerprint density at radius 1 is 0.863 bits per heavy atom. The molecule has 0 aromatic heterocycles. The third-order valence-electron chi connectivity index (χ3n) is 9.03. The van der Waals surface area contributed by atoms with Gasteiger partial charge < -0.3 is 19.5 Å². The van der Waals surface area contributed by atoms with E-state index in [0.717, 1.165) is 12.8 Å². The minimum absolute atomic E-state index is 0.00154. The molecule has 0 radical (unpaired) electrons. The van der Waals surface area contributed by atoms with E-state index in [1.165, 1.54) is 17.7 Å². The fourth-order valence-electron chi connectivity index (χ4n) is 5.94. The molecule has 1 amide bonds. The maximum atomic E-state index is 14.2. The minimum Gasteiger partial charge on any atom is -0.461 e. The van der Waals surface area contributed by atoms with Crippen LogP contribution >= 0.6 is 0 Å². The van der Waals surface area contributed by atoms with Crippen molar-refractivity contribution in [2.24, 2.45) is 22.2 Å². The number of nitrogens with one attached hydrogen (secondary N) is 1. The predicted molar refractivity (Wildman–Crippen MR) is 197 cm³/mol. The molecule has 1 N–H and O–H groups in total. The lowest BCUT2D eigenvalue weighted by Gasteiger charge is -2.41. The van der Waals surface area contributed by atoms with Crippen LogP contribution < -0.4 is 14.8 Å². The molecule has 280 valence electrons. The van der Waals surface area contributed by atoms with Crippen LogP contribution in [0.25, 0.3) is 0 Å². The summed E-state index contributed by atoms with van der Waals surface area (Å²) in [5, 5.41) is 2.88. The van der Waals surface area contributed by atoms with Gasteiger partial charge in [-0.2, -0.15) is 0 Å². The van der Waals surface area contributed by atoms with Crippen molar-refractivity contribution in [3.05, 3.63) is 70.1 Å². The summed E-state index contributed by atoms with van der Waals surface area (Å²) in [6, 6.07) is 7.47. The second kappa shape index (κ2) is 16.1. The van der Waals surface area contributed by atoms with Crippen LogP contribution in [0.3, 0.4) is 0 Å². The summed E-state index contributed by atoms with van der Waals surface area (Å²) in [4.78, 5) is 54.8. The van der Waals surface area contributed by atoms with Gasteiger partial charge in [-0.1, -0.05) is 37.6 Å². The molecule has 3 rings (SSSR count). The first-order valence-corrected chi connectivity index (χ1v) is 17.9. The molecular formula is C42H58FNO7. The van der Waals surface area contributed by atoms with E-state index in [-0.39, 0.29) is 47.3 Å². The van der Waals surface area contributed by atoms with Crippen molar-refractivity contribution in [2.75, 3.05) is 0 Å². The van der Waals surface area contributed by atoms with Crippen LogP contribution in [0.2, 0.25) is 0 Å². The summed E-state index contributed by atoms with van der Waals surface area (Å²) in [6.45, 7) is 23.9. The van der Waals surface area contributed by atoms with Gasteiger partial charge in [0, 0.05) is 18.0 Å². The van der Waals surface area contributed by atoms with Crippen molar-refractivity contribution < 1.29 is 37.8 Å². The van der Waals surface area contributed by atoms with Crippen LogP contribution in [0, 0.1) is 28.0 Å². The Morgan fingerprint density at radius 3 is 1.90 bits per heavy atom. The van der Waals surface area contributed by atoms with Crippen LogP contribution in [-0.4, -0.2) is 29.9 Å². The molecule has 2 aromatic rings. The second-order valence-corrected chi connectivity index (χ2v) is 17.4. The Hall–Kier alpha value is -4.01. The number of carbonyl (C=O) groups excluding carboxylic acids is 4. The van der Waals surface area contributed by atoms with Gasteiger partial charge in [-0.25, -0.2) is 4.39 Å². The largest absolute Gasteiger partial charge is 0.461 e. The van der Waals surface area contributed by atoms with Gasteiger partial charge in [0.2, 0.25) is 0 Å². The number of amides is 1. The monoisotopic (exact) mass is 707 g/mol. The molecule has 4 atom stereocenters. The number of carbonyl (C=O) groups is 4. The number of hydrogen-bond acceptors (Lipinski definition) is 7. The lowest BCUT2D eigenvalue weighted by molar-refractivity contribution is -0.161. The van der Waals surface area contributed by atoms with E-state index in [9.17, 15) is 23.6 Å². The normalized spacial score (nSPS) is 18.2. The van der Waals surface area contributed by atoms with Gasteiger partial charge in [0.1, 0.15) is 11.9 Å². The van der Waals surface area contributed by atoms with Gasteiger partial charge in [0.05, 0.1) is 21.8 Å². The van der Waals surface area contributed by atoms with E-state index < -0.39 is 46.0 Å². The van der Waals surface area contributed by atoms with Gasteiger partial charge >= 0.3 is 17.9 Å². The first-order chi connectivity index (χ1) is 23.4. The number of benzene rings is 2. The summed E-state index contributed by atoms with van der Waals surface area (Å²) in [5.41, 5.74) is 0.555. The number of esters is 3. The molecule has 2 aromatic carbocycles. The minimum atomic E-state index is -0.955. The van der Waals surface area contributed by atoms with Gasteiger partial charge in [-0.3, -0.25) is 19.2 Å². The molecule has 0 saturated carbocycles. The average Bonchev–Trinajstić information content (AvgIpc) is 2.99. The Kier molecular flexibility index (Phi) is 13.1. The molecule has 51 heavy (non-hydrogen) atoms. The Labute approximate surface area is 303 Å². The summed E-state index contributed by atoms with van der Waals surface area (Å²) >= 11 is 0. The average molecular weight is 708 g/mol. The first-order valence-electron chi connectivity index (χ1n) is 17.9. The van der Waals surface area contributed by atoms with Crippen molar-refractivity contribution in [1.29, 1.82) is 0 Å². The smallest absolute Gasteiger partial charge is 0.316 e. The molecule has 0 aliphatic heterocycles. The van der Waals surface area contributed by atoms with Crippen molar-refractivity contribution in [3.63, 3.8) is 0 Å². The third-order valence-corrected chi connectivity index (χ3v) is 9.03. The van der Waals surface area contributed by atoms with E-state index in [0.29, 0.717) is 23.1 Å². The van der Waals surface area contributed by atoms with Gasteiger partial charge in [-0.05, 0) is 137 Å². The fourth-order valence-corrected chi connectivity index (χ4v) is 5.94. The van der Waals surface area contributed by atoms with Gasteiger partial charge in [0.15, 0.2) is 11.5 Å². The van der Waals surface area contributed by atoms with Crippen LogP contribution in [0.4, 0.5) is 4.39 Å². The highest BCUT2D eigenvalue weighted by atomic mass is 19.1. The molecule has 0 bridgehead atoms. The van der Waals surface area contributed by atoms with E-state index in [2.05, 4.69) is 18.3 Å². The number of fused-ring (bicyclic) bond motifs is 1. The molecule has 1 aliphatic carbocycles. The molecule has 8 nitrogen and oxygen atoms in total. The lowest BCUT2D eigenvalue weighted by Crippen LogP contribution is -2.39. The molecule has 9 heteroatoms. The number of ether oxygens (including phenoxy) is 3. The van der Waals surface area contributed by atoms with Crippen molar-refractivity contribution in [2.45, 2.75) is 134 Å². The van der Waals surface area contributed by atoms with Gasteiger partial charge in [-0.15, -0.1) is 0 Å². The second-order valence-electron chi connectivity index (χ2n) is 17.4. The highest BCUT2D eigenvalue weighted by Gasteiger charge is 2.44. The third kappa shape index (κ3) is 10.7. The van der Waals surface area contributed by atoms with Gasteiger partial charge in [0.25, 0.3) is 5.91 Å². The van der Waals surface area contributed by atoms with E-state index in [1.807, 2.05) is 41.5 Å². The highest BCUT2D eigenvalue weighted by molar-refractivity contribution is 6.00. The SMILES string of the molecule is CC(C)=CCC[C@H](C)[C@H]1c2cc(C(=O)NCc3ccc(F)cc3)c(OC(=O)C(C)(C)C)c(OC(=O)C(C)(C)C)c2[C@H](C)C[C@H]1OC(=O)C(C)(C)C. The number of halogens is 1. The Balaban J connectivity index is 2.37. The first kappa shape index (κ1) is 41.4. The topological polar surface area (TPSA) is 108 Å². The van der Waals surface area contributed by atoms with Crippen LogP contribution in [0.1, 0.15) is 148 Å². The molecule has 0 saturated heterocycles. The van der Waals surface area contributed by atoms with E-state index in [4.69, 9.17) is 14.2 Å². The molecular weight excluding hydrogens is 649 g/mol. The molecule has 1 aliphatic rings. The Bertz CT molecular complexity index is 1630. The predicted octanol–water partition coefficient (Wildman–Crippen LogP) is 9.59. The standard InChI is InChI=1S/C42H58FNO7/c1-24(2)15-14-16-25(3)32-29-22-30(36(45)44-23-27-17-19-28(43)20-18-27)34(50-38(47)41(8,9)10)35(51-39(48)42(11,12)13)33(29)26(4)21-31(32)49-37(46)40(5,6)7/h15,17-20,22,25-26,31-32H,14,16,21,23H2,1-13H3,(H,44,45)/t25-,26+,31+,32-/m0/s1. The Morgan fingerprint density at radius 2 is 1.39 bits per heavy atom. The summed E-state index contributed by atoms with van der Waals surface area (Å²) in [6.07, 6.45) is 3.61. The summed E-state index contributed by atoms with van der Waals surface area (Å²) < 4.78 is 32.2. The zero-order chi connectivity index (χ0) is 38.6. The van der Waals surface area contributed by atoms with Crippen molar-refractivity contribution in [1.82, 2.24) is 5.32 Å². The zero-order valence-corrected chi connectivity index (χ0v) is 32.8. The fraction of sp³-hybridized carbons (Fsp3) is 0.571. The number of allylic oxidation sites excluding steroid dienone is 2. The maximum absolute atomic E-state index is 14.2. The molecule has 0 heterocycles. The van der Waals surface area contributed by atoms with Crippen LogP contribution in [0.15, 0.2) is 42.0 Å². The van der Waals surface area contributed by atoms with Crippen molar-refractivity contribution in [3.8, 4) is 11.5 Å². The molecule has 0 unspecified atom stereocenters. The van der Waals surface area contributed by atoms with E-state index >= 15 is 0 Å². The number of hydrogen-bond donors (Lipinski definition) is 1.